The zero-order valence-electron chi connectivity index (χ0n) is 16.6. The van der Waals surface area contributed by atoms with E-state index in [2.05, 4.69) is 20.6 Å². The first-order valence-electron chi connectivity index (χ1n) is 9.12. The summed E-state index contributed by atoms with van der Waals surface area (Å²) in [5, 5.41) is 14.1. The number of hydrogen-bond donors (Lipinski definition) is 2. The number of halogens is 3. The van der Waals surface area contributed by atoms with Gasteiger partial charge in [-0.2, -0.15) is 31.8 Å². The Morgan fingerprint density at radius 2 is 1.84 bits per heavy atom. The molecule has 0 unspecified atom stereocenters. The number of anilines is 3. The van der Waals surface area contributed by atoms with E-state index in [0.717, 1.165) is 12.1 Å². The van der Waals surface area contributed by atoms with E-state index in [0.29, 0.717) is 5.69 Å². The molecule has 32 heavy (non-hydrogen) atoms. The van der Waals surface area contributed by atoms with Crippen molar-refractivity contribution in [3.05, 3.63) is 59.5 Å². The van der Waals surface area contributed by atoms with Gasteiger partial charge in [0.25, 0.3) is 11.8 Å². The quantitative estimate of drug-likeness (QED) is 0.614. The Labute approximate surface area is 186 Å². The zero-order chi connectivity index (χ0) is 22.3. The lowest BCUT2D eigenvalue weighted by Gasteiger charge is -2.32. The fourth-order valence-corrected chi connectivity index (χ4v) is 3.26. The highest BCUT2D eigenvalue weighted by molar-refractivity contribution is 7.59. The van der Waals surface area contributed by atoms with Crippen LogP contribution < -0.4 is 16.0 Å². The van der Waals surface area contributed by atoms with Gasteiger partial charge in [-0.25, -0.2) is 0 Å². The predicted molar refractivity (Wildman–Crippen MR) is 115 cm³/mol. The van der Waals surface area contributed by atoms with Crippen molar-refractivity contribution < 1.29 is 22.8 Å². The van der Waals surface area contributed by atoms with Crippen LogP contribution in [0, 0.1) is 0 Å². The third kappa shape index (κ3) is 4.23. The van der Waals surface area contributed by atoms with E-state index in [1.165, 1.54) is 40.0 Å². The van der Waals surface area contributed by atoms with Gasteiger partial charge in [-0.05, 0) is 43.3 Å². The van der Waals surface area contributed by atoms with Gasteiger partial charge in [0.2, 0.25) is 0 Å². The molecular weight excluding hydrogens is 447 g/mol. The molecule has 1 aliphatic rings. The lowest BCUT2D eigenvalue weighted by atomic mass is 10.1. The molecule has 0 aliphatic carbocycles. The number of alkyl halides is 3. The van der Waals surface area contributed by atoms with Crippen LogP contribution in [0.1, 0.15) is 39.5 Å². The minimum atomic E-state index is -4.47. The first-order chi connectivity index (χ1) is 14.6. The van der Waals surface area contributed by atoms with Crippen LogP contribution in [0.3, 0.4) is 0 Å². The van der Waals surface area contributed by atoms with Crippen LogP contribution in [-0.2, 0) is 6.18 Å². The molecule has 0 radical (unpaired) electrons. The lowest BCUT2D eigenvalue weighted by molar-refractivity contribution is -0.137. The number of fused-ring (bicyclic) bond motifs is 1. The number of rotatable bonds is 3. The van der Waals surface area contributed by atoms with Crippen LogP contribution in [0.4, 0.5) is 30.4 Å². The van der Waals surface area contributed by atoms with Gasteiger partial charge in [0.15, 0.2) is 11.4 Å². The summed E-state index contributed by atoms with van der Waals surface area (Å²) in [5.74, 6) is -0.972. The summed E-state index contributed by atoms with van der Waals surface area (Å²) in [7, 11) is 0. The summed E-state index contributed by atoms with van der Waals surface area (Å²) >= 11 is 0. The van der Waals surface area contributed by atoms with E-state index in [1.807, 2.05) is 0 Å². The minimum Gasteiger partial charge on any atom is -0.382 e. The number of amides is 2. The second-order valence-electron chi connectivity index (χ2n) is 6.96. The van der Waals surface area contributed by atoms with Crippen LogP contribution in [0.5, 0.6) is 0 Å². The molecule has 2 amide bonds. The topological polar surface area (TPSA) is 119 Å². The summed E-state index contributed by atoms with van der Waals surface area (Å²) in [6.07, 6.45) is -3.14. The molecule has 1 atom stereocenters. The van der Waals surface area contributed by atoms with Crippen molar-refractivity contribution in [2.24, 2.45) is 0 Å². The Bertz CT molecular complexity index is 1150. The Balaban J connectivity index is 0.00000289. The van der Waals surface area contributed by atoms with Gasteiger partial charge in [0.1, 0.15) is 5.82 Å². The van der Waals surface area contributed by atoms with Gasteiger partial charge in [0.05, 0.1) is 23.5 Å². The van der Waals surface area contributed by atoms with Crippen LogP contribution in [0.2, 0.25) is 0 Å². The second kappa shape index (κ2) is 8.49. The van der Waals surface area contributed by atoms with Crippen LogP contribution >= 0.6 is 13.5 Å². The molecule has 3 N–H and O–H groups in total. The SMILES string of the molecule is C[C@H]1CN(c2ccc(C(F)(F)F)cc2)C(=O)c2c(NC(=O)c3ccc(N)nn3)cnn21.S. The molecule has 0 bridgehead atoms. The van der Waals surface area contributed by atoms with E-state index in [9.17, 15) is 22.8 Å². The highest BCUT2D eigenvalue weighted by Crippen LogP contribution is 2.33. The van der Waals surface area contributed by atoms with Gasteiger partial charge < -0.3 is 16.0 Å². The molecule has 3 heterocycles. The summed E-state index contributed by atoms with van der Waals surface area (Å²) in [6.45, 7) is 2.01. The third-order valence-corrected chi connectivity index (χ3v) is 4.78. The van der Waals surface area contributed by atoms with Crippen molar-refractivity contribution in [1.82, 2.24) is 20.0 Å². The van der Waals surface area contributed by atoms with Crippen molar-refractivity contribution in [2.45, 2.75) is 19.1 Å². The highest BCUT2D eigenvalue weighted by Gasteiger charge is 2.35. The third-order valence-electron chi connectivity index (χ3n) is 4.78. The van der Waals surface area contributed by atoms with Gasteiger partial charge >= 0.3 is 6.18 Å². The first kappa shape index (κ1) is 23.1. The molecule has 1 aliphatic heterocycles. The molecule has 3 aromatic rings. The smallest absolute Gasteiger partial charge is 0.382 e. The molecule has 0 spiro atoms. The number of nitrogen functional groups attached to an aromatic ring is 1. The number of carbonyl (C=O) groups excluding carboxylic acids is 2. The van der Waals surface area contributed by atoms with E-state index in [1.54, 1.807) is 6.92 Å². The average molecular weight is 465 g/mol. The molecule has 4 rings (SSSR count). The van der Waals surface area contributed by atoms with E-state index in [-0.39, 0.29) is 49.0 Å². The number of nitrogens with one attached hydrogen (secondary N) is 1. The largest absolute Gasteiger partial charge is 0.416 e. The standard InChI is InChI=1S/C19H16F3N7O2.H2S/c1-10-9-28(12-4-2-11(3-5-12)19(20,21)22)18(31)16-14(8-24-29(10)16)25-17(30)13-6-7-15(23)27-26-13;/h2-8,10H,9H2,1H3,(H2,23,27)(H,25,30);1H2/t10-;/m0./s1. The maximum absolute atomic E-state index is 13.1. The molecule has 168 valence electrons. The van der Waals surface area contributed by atoms with E-state index < -0.39 is 23.6 Å². The highest BCUT2D eigenvalue weighted by atomic mass is 32.1. The number of benzene rings is 1. The zero-order valence-corrected chi connectivity index (χ0v) is 17.6. The van der Waals surface area contributed by atoms with E-state index >= 15 is 0 Å². The van der Waals surface area contributed by atoms with Crippen molar-refractivity contribution >= 4 is 42.5 Å². The van der Waals surface area contributed by atoms with Crippen LogP contribution in [0.15, 0.2) is 42.6 Å². The molecule has 2 aromatic heterocycles. The maximum Gasteiger partial charge on any atom is 0.416 e. The van der Waals surface area contributed by atoms with Crippen molar-refractivity contribution in [3.63, 3.8) is 0 Å². The molecule has 9 nitrogen and oxygen atoms in total. The minimum absolute atomic E-state index is 0. The molecule has 0 fully saturated rings. The van der Waals surface area contributed by atoms with Crippen molar-refractivity contribution in [1.29, 1.82) is 0 Å². The second-order valence-corrected chi connectivity index (χ2v) is 6.96. The van der Waals surface area contributed by atoms with Gasteiger partial charge in [-0.15, -0.1) is 10.2 Å². The summed E-state index contributed by atoms with van der Waals surface area (Å²) in [4.78, 5) is 26.9. The number of hydrogen-bond acceptors (Lipinski definition) is 6. The van der Waals surface area contributed by atoms with Gasteiger partial charge in [-0.1, -0.05) is 0 Å². The van der Waals surface area contributed by atoms with Gasteiger partial charge in [0, 0.05) is 12.2 Å². The first-order valence-corrected chi connectivity index (χ1v) is 9.12. The number of nitrogens with two attached hydrogens (primary N) is 1. The lowest BCUT2D eigenvalue weighted by Crippen LogP contribution is -2.43. The number of aromatic nitrogens is 4. The monoisotopic (exact) mass is 465 g/mol. The van der Waals surface area contributed by atoms with E-state index in [4.69, 9.17) is 5.73 Å². The molecule has 1 aromatic carbocycles. The average Bonchev–Trinajstić information content (AvgIpc) is 3.15. The summed E-state index contributed by atoms with van der Waals surface area (Å²) in [5.41, 5.74) is 5.20. The van der Waals surface area contributed by atoms with Crippen molar-refractivity contribution in [3.8, 4) is 0 Å². The fourth-order valence-electron chi connectivity index (χ4n) is 3.26. The Hall–Kier alpha value is -3.61. The normalized spacial score (nSPS) is 15.7. The number of nitrogens with zero attached hydrogens (tertiary/aromatic N) is 5. The van der Waals surface area contributed by atoms with Crippen LogP contribution in [0.25, 0.3) is 0 Å². The van der Waals surface area contributed by atoms with Gasteiger partial charge in [-0.3, -0.25) is 14.3 Å². The Morgan fingerprint density at radius 3 is 2.44 bits per heavy atom. The Kier molecular flexibility index (Phi) is 6.12. The maximum atomic E-state index is 13.1. The molecular formula is C19H18F3N7O2S. The summed E-state index contributed by atoms with van der Waals surface area (Å²) in [6, 6.07) is 6.82. The fraction of sp³-hybridized carbons (Fsp3) is 0.211. The number of carbonyl (C=O) groups is 2. The molecule has 0 saturated heterocycles. The Morgan fingerprint density at radius 1 is 1.16 bits per heavy atom. The van der Waals surface area contributed by atoms with Crippen LogP contribution in [-0.4, -0.2) is 38.3 Å². The molecule has 0 saturated carbocycles. The predicted octanol–water partition coefficient (Wildman–Crippen LogP) is 2.86. The molecule has 13 heteroatoms. The van der Waals surface area contributed by atoms with Crippen molar-refractivity contribution in [2.75, 3.05) is 22.5 Å². The summed E-state index contributed by atoms with van der Waals surface area (Å²) < 4.78 is 40.0.